The van der Waals surface area contributed by atoms with Crippen LogP contribution in [0.15, 0.2) is 0 Å². The molecule has 0 radical (unpaired) electrons. The second-order valence-electron chi connectivity index (χ2n) is 4.10. The highest BCUT2D eigenvalue weighted by Crippen LogP contribution is 2.15. The first-order chi connectivity index (χ1) is 6.16. The van der Waals surface area contributed by atoms with Crippen LogP contribution in [0.2, 0.25) is 0 Å². The maximum Gasteiger partial charge on any atom is 0.0512 e. The molecule has 0 saturated heterocycles. The number of rotatable bonds is 8. The number of aliphatic hydroxyl groups excluding tert-OH is 2. The van der Waals surface area contributed by atoms with E-state index in [2.05, 4.69) is 6.92 Å². The molecule has 0 saturated carbocycles. The zero-order valence-corrected chi connectivity index (χ0v) is 9.00. The smallest absolute Gasteiger partial charge is 0.0512 e. The zero-order valence-electron chi connectivity index (χ0n) is 9.00. The molecule has 2 heteroatoms. The molecule has 13 heavy (non-hydrogen) atoms. The Hall–Kier alpha value is -0.0800. The lowest BCUT2D eigenvalue weighted by molar-refractivity contribution is 0.178. The summed E-state index contributed by atoms with van der Waals surface area (Å²) in [4.78, 5) is 0. The summed E-state index contributed by atoms with van der Waals surface area (Å²) in [7, 11) is 0. The fourth-order valence-corrected chi connectivity index (χ4v) is 1.51. The van der Waals surface area contributed by atoms with E-state index in [1.807, 2.05) is 6.92 Å². The van der Waals surface area contributed by atoms with Gasteiger partial charge in [-0.1, -0.05) is 32.6 Å². The molecule has 0 aliphatic rings. The van der Waals surface area contributed by atoms with E-state index >= 15 is 0 Å². The Labute approximate surface area is 82.0 Å². The lowest BCUT2D eigenvalue weighted by Gasteiger charge is -2.11. The van der Waals surface area contributed by atoms with Crippen LogP contribution in [0.5, 0.6) is 0 Å². The van der Waals surface area contributed by atoms with Crippen molar-refractivity contribution < 1.29 is 10.2 Å². The third-order valence-electron chi connectivity index (χ3n) is 2.42. The minimum absolute atomic E-state index is 0.148. The normalized spacial score (nSPS) is 15.7. The van der Waals surface area contributed by atoms with Gasteiger partial charge >= 0.3 is 0 Å². The summed E-state index contributed by atoms with van der Waals surface area (Å²) in [5, 5.41) is 17.6. The molecular formula is C11H24O2. The van der Waals surface area contributed by atoms with Crippen LogP contribution in [0.3, 0.4) is 0 Å². The summed E-state index contributed by atoms with van der Waals surface area (Å²) >= 11 is 0. The fraction of sp³-hybridized carbons (Fsp3) is 1.00. The highest BCUT2D eigenvalue weighted by molar-refractivity contribution is 4.56. The average molecular weight is 188 g/mol. The summed E-state index contributed by atoms with van der Waals surface area (Å²) in [6.07, 6.45) is 6.37. The van der Waals surface area contributed by atoms with Crippen LogP contribution >= 0.6 is 0 Å². The molecule has 0 rings (SSSR count). The van der Waals surface area contributed by atoms with Gasteiger partial charge in [0.15, 0.2) is 0 Å². The Morgan fingerprint density at radius 3 is 2.08 bits per heavy atom. The number of aliphatic hydroxyl groups is 2. The van der Waals surface area contributed by atoms with Crippen molar-refractivity contribution in [3.8, 4) is 0 Å². The third-order valence-corrected chi connectivity index (χ3v) is 2.42. The quantitative estimate of drug-likeness (QED) is 0.574. The number of hydrogen-bond donors (Lipinski definition) is 2. The highest BCUT2D eigenvalue weighted by atomic mass is 16.3. The van der Waals surface area contributed by atoms with Gasteiger partial charge in [-0.05, 0) is 25.7 Å². The minimum Gasteiger partial charge on any atom is -0.396 e. The molecule has 2 nitrogen and oxygen atoms in total. The van der Waals surface area contributed by atoms with E-state index in [1.54, 1.807) is 0 Å². The van der Waals surface area contributed by atoms with Gasteiger partial charge in [-0.25, -0.2) is 0 Å². The van der Waals surface area contributed by atoms with Crippen LogP contribution in [-0.4, -0.2) is 22.9 Å². The van der Waals surface area contributed by atoms with Gasteiger partial charge in [0.1, 0.15) is 0 Å². The molecule has 0 spiro atoms. The molecule has 0 amide bonds. The fourth-order valence-electron chi connectivity index (χ4n) is 1.51. The predicted octanol–water partition coefficient (Wildman–Crippen LogP) is 2.34. The topological polar surface area (TPSA) is 40.5 Å². The van der Waals surface area contributed by atoms with E-state index in [0.717, 1.165) is 31.6 Å². The molecule has 0 aliphatic heterocycles. The average Bonchev–Trinajstić information content (AvgIpc) is 2.04. The largest absolute Gasteiger partial charge is 0.396 e. The van der Waals surface area contributed by atoms with Gasteiger partial charge in [-0.3, -0.25) is 0 Å². The SMILES string of the molecule is CC(O)CCCC(C)CCCCO. The van der Waals surface area contributed by atoms with E-state index in [0.29, 0.717) is 6.61 Å². The summed E-state index contributed by atoms with van der Waals surface area (Å²) in [5.41, 5.74) is 0. The minimum atomic E-state index is -0.148. The zero-order chi connectivity index (χ0) is 10.1. The Kier molecular flexibility index (Phi) is 8.46. The molecule has 0 aromatic rings. The van der Waals surface area contributed by atoms with Gasteiger partial charge in [0.05, 0.1) is 6.10 Å². The molecule has 0 heterocycles. The third kappa shape index (κ3) is 9.84. The van der Waals surface area contributed by atoms with Crippen molar-refractivity contribution in [2.75, 3.05) is 6.61 Å². The molecule has 0 aromatic carbocycles. The molecule has 0 aromatic heterocycles. The predicted molar refractivity (Wildman–Crippen MR) is 55.6 cm³/mol. The maximum atomic E-state index is 9.05. The van der Waals surface area contributed by atoms with Crippen molar-refractivity contribution in [3.05, 3.63) is 0 Å². The van der Waals surface area contributed by atoms with Crippen molar-refractivity contribution in [2.45, 2.75) is 58.5 Å². The molecule has 0 aliphatic carbocycles. The first-order valence-corrected chi connectivity index (χ1v) is 5.45. The van der Waals surface area contributed by atoms with Crippen LogP contribution < -0.4 is 0 Å². The molecular weight excluding hydrogens is 164 g/mol. The van der Waals surface area contributed by atoms with Crippen LogP contribution in [0.25, 0.3) is 0 Å². The second-order valence-corrected chi connectivity index (χ2v) is 4.10. The molecule has 2 atom stereocenters. The number of unbranched alkanes of at least 4 members (excludes halogenated alkanes) is 1. The van der Waals surface area contributed by atoms with Gasteiger partial charge < -0.3 is 10.2 Å². The first kappa shape index (κ1) is 12.9. The highest BCUT2D eigenvalue weighted by Gasteiger charge is 2.02. The Bertz CT molecular complexity index is 102. The van der Waals surface area contributed by atoms with Crippen molar-refractivity contribution in [1.82, 2.24) is 0 Å². The summed E-state index contributed by atoms with van der Waals surface area (Å²) in [6.45, 7) is 4.41. The van der Waals surface area contributed by atoms with E-state index in [4.69, 9.17) is 10.2 Å². The van der Waals surface area contributed by atoms with Gasteiger partial charge in [0, 0.05) is 6.61 Å². The monoisotopic (exact) mass is 188 g/mol. The lowest BCUT2D eigenvalue weighted by atomic mass is 9.97. The standard InChI is InChI=1S/C11H24O2/c1-10(6-3-4-9-12)7-5-8-11(2)13/h10-13H,3-9H2,1-2H3. The maximum absolute atomic E-state index is 9.05. The van der Waals surface area contributed by atoms with E-state index < -0.39 is 0 Å². The molecule has 2 N–H and O–H groups in total. The van der Waals surface area contributed by atoms with Crippen LogP contribution in [0.1, 0.15) is 52.4 Å². The lowest BCUT2D eigenvalue weighted by Crippen LogP contribution is -2.01. The summed E-state index contributed by atoms with van der Waals surface area (Å²) in [6, 6.07) is 0. The number of hydrogen-bond acceptors (Lipinski definition) is 2. The Morgan fingerprint density at radius 2 is 1.54 bits per heavy atom. The van der Waals surface area contributed by atoms with Crippen molar-refractivity contribution >= 4 is 0 Å². The van der Waals surface area contributed by atoms with Crippen LogP contribution in [0, 0.1) is 5.92 Å². The molecule has 80 valence electrons. The molecule has 2 unspecified atom stereocenters. The Balaban J connectivity index is 3.15. The van der Waals surface area contributed by atoms with Gasteiger partial charge in [-0.2, -0.15) is 0 Å². The van der Waals surface area contributed by atoms with E-state index in [9.17, 15) is 0 Å². The van der Waals surface area contributed by atoms with Gasteiger partial charge in [0.25, 0.3) is 0 Å². The van der Waals surface area contributed by atoms with E-state index in [-0.39, 0.29) is 6.10 Å². The van der Waals surface area contributed by atoms with Crippen LogP contribution in [-0.2, 0) is 0 Å². The van der Waals surface area contributed by atoms with Gasteiger partial charge in [0.2, 0.25) is 0 Å². The van der Waals surface area contributed by atoms with Crippen molar-refractivity contribution in [3.63, 3.8) is 0 Å². The summed E-state index contributed by atoms with van der Waals surface area (Å²) in [5.74, 6) is 0.741. The first-order valence-electron chi connectivity index (χ1n) is 5.45. The summed E-state index contributed by atoms with van der Waals surface area (Å²) < 4.78 is 0. The second kappa shape index (κ2) is 8.52. The van der Waals surface area contributed by atoms with Crippen molar-refractivity contribution in [2.24, 2.45) is 5.92 Å². The molecule has 0 bridgehead atoms. The van der Waals surface area contributed by atoms with E-state index in [1.165, 1.54) is 12.8 Å². The van der Waals surface area contributed by atoms with Gasteiger partial charge in [-0.15, -0.1) is 0 Å². The van der Waals surface area contributed by atoms with Crippen LogP contribution in [0.4, 0.5) is 0 Å². The Morgan fingerprint density at radius 1 is 0.923 bits per heavy atom. The molecule has 0 fully saturated rings. The van der Waals surface area contributed by atoms with Crippen molar-refractivity contribution in [1.29, 1.82) is 0 Å².